The number of ether oxygens (including phenoxy) is 1. The van der Waals surface area contributed by atoms with Crippen LogP contribution in [0.3, 0.4) is 0 Å². The minimum atomic E-state index is -0.549. The molecule has 4 rings (SSSR count). The monoisotopic (exact) mass is 422 g/mol. The second-order valence-corrected chi connectivity index (χ2v) is 6.94. The van der Waals surface area contributed by atoms with Crippen LogP contribution in [0.15, 0.2) is 78.5 Å². The minimum absolute atomic E-state index is 0.0658. The molecule has 7 heteroatoms. The zero-order valence-electron chi connectivity index (χ0n) is 15.9. The number of nitrogens with one attached hydrogen (secondary N) is 1. The second-order valence-electron chi connectivity index (χ2n) is 6.51. The molecule has 1 aliphatic heterocycles. The molecule has 0 aliphatic carbocycles. The van der Waals surface area contributed by atoms with Crippen LogP contribution in [0.2, 0.25) is 5.02 Å². The molecule has 150 valence electrons. The number of rotatable bonds is 5. The minimum Gasteiger partial charge on any atom is -0.495 e. The summed E-state index contributed by atoms with van der Waals surface area (Å²) >= 11 is 6.06. The number of imide groups is 1. The van der Waals surface area contributed by atoms with Crippen LogP contribution in [0.5, 0.6) is 5.75 Å². The molecule has 1 N–H and O–H groups in total. The number of carbonyl (C=O) groups excluding carboxylic acids is 2. The van der Waals surface area contributed by atoms with E-state index in [1.54, 1.807) is 42.5 Å². The van der Waals surface area contributed by atoms with Gasteiger partial charge in [-0.3, -0.25) is 9.59 Å². The maximum Gasteiger partial charge on any atom is 0.282 e. The first kappa shape index (κ1) is 19.7. The van der Waals surface area contributed by atoms with Gasteiger partial charge in [-0.05, 0) is 48.0 Å². The van der Waals surface area contributed by atoms with E-state index in [-0.39, 0.29) is 11.3 Å². The van der Waals surface area contributed by atoms with Crippen LogP contribution in [0, 0.1) is 5.82 Å². The molecule has 0 aromatic heterocycles. The van der Waals surface area contributed by atoms with Crippen molar-refractivity contribution >= 4 is 40.4 Å². The number of hydrogen-bond acceptors (Lipinski definition) is 4. The summed E-state index contributed by atoms with van der Waals surface area (Å²) in [5, 5.41) is 3.43. The Balaban J connectivity index is 1.85. The highest BCUT2D eigenvalue weighted by Crippen LogP contribution is 2.36. The van der Waals surface area contributed by atoms with Gasteiger partial charge < -0.3 is 10.1 Å². The highest BCUT2D eigenvalue weighted by Gasteiger charge is 2.40. The number of halogens is 2. The SMILES string of the molecule is COc1ccccc1NC1=C(c2ccc(F)cc2)C(=O)N(c2cccc(Cl)c2)C1=O. The van der Waals surface area contributed by atoms with E-state index in [1.807, 2.05) is 0 Å². The van der Waals surface area contributed by atoms with Crippen LogP contribution in [-0.4, -0.2) is 18.9 Å². The Kier molecular flexibility index (Phi) is 5.25. The van der Waals surface area contributed by atoms with Crippen molar-refractivity contribution in [2.45, 2.75) is 0 Å². The van der Waals surface area contributed by atoms with E-state index >= 15 is 0 Å². The van der Waals surface area contributed by atoms with Gasteiger partial charge in [0.1, 0.15) is 17.3 Å². The molecule has 30 heavy (non-hydrogen) atoms. The average Bonchev–Trinajstić information content (AvgIpc) is 2.99. The van der Waals surface area contributed by atoms with Crippen LogP contribution < -0.4 is 15.0 Å². The number of methoxy groups -OCH3 is 1. The Morgan fingerprint density at radius 2 is 1.67 bits per heavy atom. The van der Waals surface area contributed by atoms with Crippen molar-refractivity contribution < 1.29 is 18.7 Å². The highest BCUT2D eigenvalue weighted by molar-refractivity contribution is 6.46. The Morgan fingerprint density at radius 1 is 0.933 bits per heavy atom. The van der Waals surface area contributed by atoms with Gasteiger partial charge in [0.2, 0.25) is 0 Å². The number of hydrogen-bond donors (Lipinski definition) is 1. The molecule has 2 amide bonds. The number of anilines is 2. The van der Waals surface area contributed by atoms with Crippen LogP contribution in [0.1, 0.15) is 5.56 Å². The van der Waals surface area contributed by atoms with Crippen molar-refractivity contribution in [2.75, 3.05) is 17.3 Å². The van der Waals surface area contributed by atoms with Gasteiger partial charge >= 0.3 is 0 Å². The van der Waals surface area contributed by atoms with E-state index in [0.29, 0.717) is 27.7 Å². The molecule has 0 saturated carbocycles. The number of amides is 2. The Bertz CT molecular complexity index is 1180. The predicted molar refractivity (Wildman–Crippen MR) is 114 cm³/mol. The smallest absolute Gasteiger partial charge is 0.282 e. The van der Waals surface area contributed by atoms with Crippen LogP contribution >= 0.6 is 11.6 Å². The van der Waals surface area contributed by atoms with Gasteiger partial charge in [0.05, 0.1) is 24.1 Å². The van der Waals surface area contributed by atoms with E-state index in [1.165, 1.54) is 37.4 Å². The molecule has 5 nitrogen and oxygen atoms in total. The van der Waals surface area contributed by atoms with Crippen molar-refractivity contribution in [2.24, 2.45) is 0 Å². The lowest BCUT2D eigenvalue weighted by Crippen LogP contribution is -2.32. The largest absolute Gasteiger partial charge is 0.495 e. The first-order valence-electron chi connectivity index (χ1n) is 9.04. The molecule has 3 aromatic rings. The maximum atomic E-state index is 13.5. The molecule has 3 aromatic carbocycles. The summed E-state index contributed by atoms with van der Waals surface area (Å²) < 4.78 is 18.8. The van der Waals surface area contributed by atoms with Gasteiger partial charge in [-0.15, -0.1) is 0 Å². The molecular formula is C23H16ClFN2O3. The maximum absolute atomic E-state index is 13.5. The molecule has 0 unspecified atom stereocenters. The molecule has 0 spiro atoms. The Labute approximate surface area is 177 Å². The molecular weight excluding hydrogens is 407 g/mol. The van der Waals surface area contributed by atoms with Gasteiger partial charge in [-0.25, -0.2) is 9.29 Å². The van der Waals surface area contributed by atoms with Crippen molar-refractivity contribution in [3.05, 3.63) is 94.9 Å². The quantitative estimate of drug-likeness (QED) is 0.595. The molecule has 0 fully saturated rings. The van der Waals surface area contributed by atoms with Crippen LogP contribution in [0.4, 0.5) is 15.8 Å². The zero-order chi connectivity index (χ0) is 21.3. The van der Waals surface area contributed by atoms with E-state index in [9.17, 15) is 14.0 Å². The summed E-state index contributed by atoms with van der Waals surface area (Å²) in [4.78, 5) is 27.7. The fraction of sp³-hybridized carbons (Fsp3) is 0.0435. The van der Waals surface area contributed by atoms with E-state index in [4.69, 9.17) is 16.3 Å². The standard InChI is InChI=1S/C23H16ClFN2O3/c1-30-19-8-3-2-7-18(19)26-21-20(14-9-11-16(25)12-10-14)22(28)27(23(21)29)17-6-4-5-15(24)13-17/h2-13,26H,1H3. The number of para-hydroxylation sites is 2. The molecule has 0 atom stereocenters. The predicted octanol–water partition coefficient (Wildman–Crippen LogP) is 4.88. The fourth-order valence-electron chi connectivity index (χ4n) is 3.26. The van der Waals surface area contributed by atoms with Gasteiger partial charge in [0, 0.05) is 5.02 Å². The third-order valence-electron chi connectivity index (χ3n) is 4.65. The molecule has 0 saturated heterocycles. The van der Waals surface area contributed by atoms with E-state index < -0.39 is 17.6 Å². The van der Waals surface area contributed by atoms with Crippen LogP contribution in [-0.2, 0) is 9.59 Å². The van der Waals surface area contributed by atoms with Crippen molar-refractivity contribution in [3.63, 3.8) is 0 Å². The summed E-state index contributed by atoms with van der Waals surface area (Å²) in [5.41, 5.74) is 1.47. The topological polar surface area (TPSA) is 58.6 Å². The first-order valence-corrected chi connectivity index (χ1v) is 9.42. The van der Waals surface area contributed by atoms with Crippen LogP contribution in [0.25, 0.3) is 5.57 Å². The molecule has 0 bridgehead atoms. The summed E-state index contributed by atoms with van der Waals surface area (Å²) in [6.45, 7) is 0. The highest BCUT2D eigenvalue weighted by atomic mass is 35.5. The summed E-state index contributed by atoms with van der Waals surface area (Å²) in [5.74, 6) is -1.02. The summed E-state index contributed by atoms with van der Waals surface area (Å²) in [6.07, 6.45) is 0. The Morgan fingerprint density at radius 3 is 2.37 bits per heavy atom. The lowest BCUT2D eigenvalue weighted by Gasteiger charge is -2.16. The summed E-state index contributed by atoms with van der Waals surface area (Å²) in [7, 11) is 1.51. The third kappa shape index (κ3) is 3.53. The van der Waals surface area contributed by atoms with Gasteiger partial charge in [0.15, 0.2) is 0 Å². The Hall–Kier alpha value is -3.64. The molecule has 0 radical (unpaired) electrons. The normalized spacial score (nSPS) is 13.8. The lowest BCUT2D eigenvalue weighted by molar-refractivity contribution is -0.120. The first-order chi connectivity index (χ1) is 14.5. The number of nitrogens with zero attached hydrogens (tertiary/aromatic N) is 1. The summed E-state index contributed by atoms with van der Waals surface area (Å²) in [6, 6.07) is 18.9. The van der Waals surface area contributed by atoms with Crippen molar-refractivity contribution in [1.82, 2.24) is 0 Å². The van der Waals surface area contributed by atoms with E-state index in [0.717, 1.165) is 4.90 Å². The van der Waals surface area contributed by atoms with Gasteiger partial charge in [-0.2, -0.15) is 0 Å². The molecule has 1 aliphatic rings. The fourth-order valence-corrected chi connectivity index (χ4v) is 3.45. The van der Waals surface area contributed by atoms with Gasteiger partial charge in [0.25, 0.3) is 11.8 Å². The van der Waals surface area contributed by atoms with E-state index in [2.05, 4.69) is 5.32 Å². The van der Waals surface area contributed by atoms with Gasteiger partial charge in [-0.1, -0.05) is 41.9 Å². The molecule has 1 heterocycles. The second kappa shape index (κ2) is 8.00. The van der Waals surface area contributed by atoms with Crippen molar-refractivity contribution in [1.29, 1.82) is 0 Å². The van der Waals surface area contributed by atoms with Crippen molar-refractivity contribution in [3.8, 4) is 5.75 Å². The zero-order valence-corrected chi connectivity index (χ0v) is 16.6. The third-order valence-corrected chi connectivity index (χ3v) is 4.88. The number of benzene rings is 3. The number of carbonyl (C=O) groups is 2. The average molecular weight is 423 g/mol. The lowest BCUT2D eigenvalue weighted by atomic mass is 10.0.